The summed E-state index contributed by atoms with van der Waals surface area (Å²) in [6, 6.07) is 0. The van der Waals surface area contributed by atoms with Crippen LogP contribution in [0.15, 0.2) is 11.8 Å². The van der Waals surface area contributed by atoms with Crippen LogP contribution in [-0.2, 0) is 4.79 Å². The number of carbonyl (C=O) groups is 1. The lowest BCUT2D eigenvalue weighted by atomic mass is 9.93. The molecular formula is C9H16O2. The van der Waals surface area contributed by atoms with E-state index in [1.807, 2.05) is 20.8 Å². The number of carbonyl (C=O) groups excluding carboxylic acids is 1. The zero-order chi connectivity index (χ0) is 9.07. The van der Waals surface area contributed by atoms with Crippen molar-refractivity contribution in [2.24, 2.45) is 5.41 Å². The molecule has 0 rings (SSSR count). The highest BCUT2D eigenvalue weighted by Gasteiger charge is 2.16. The van der Waals surface area contributed by atoms with Crippen molar-refractivity contribution in [2.45, 2.75) is 34.1 Å². The molecule has 0 aromatic rings. The van der Waals surface area contributed by atoms with E-state index in [9.17, 15) is 9.90 Å². The van der Waals surface area contributed by atoms with Gasteiger partial charge in [0, 0.05) is 17.9 Å². The lowest BCUT2D eigenvalue weighted by Gasteiger charge is -2.16. The molecule has 0 spiro atoms. The second-order valence-electron chi connectivity index (χ2n) is 3.60. The van der Waals surface area contributed by atoms with Gasteiger partial charge in [-0.15, -0.1) is 0 Å². The summed E-state index contributed by atoms with van der Waals surface area (Å²) in [5, 5.41) is 9.33. The van der Waals surface area contributed by atoms with Gasteiger partial charge in [0.05, 0.1) is 0 Å². The van der Waals surface area contributed by atoms with Crippen molar-refractivity contribution in [3.05, 3.63) is 11.8 Å². The molecule has 0 aromatic carbocycles. The lowest BCUT2D eigenvalue weighted by molar-refractivity contribution is -0.114. The van der Waals surface area contributed by atoms with Gasteiger partial charge in [-0.3, -0.25) is 4.79 Å². The van der Waals surface area contributed by atoms with E-state index in [0.717, 1.165) is 0 Å². The van der Waals surface area contributed by atoms with Gasteiger partial charge in [0.2, 0.25) is 0 Å². The summed E-state index contributed by atoms with van der Waals surface area (Å²) in [7, 11) is 0. The van der Waals surface area contributed by atoms with Gasteiger partial charge in [-0.25, -0.2) is 0 Å². The Kier molecular flexibility index (Phi) is 3.30. The minimum Gasteiger partial charge on any atom is -0.512 e. The smallest absolute Gasteiger partial charge is 0.158 e. The number of ketones is 1. The van der Waals surface area contributed by atoms with Crippen molar-refractivity contribution >= 4 is 5.78 Å². The van der Waals surface area contributed by atoms with Gasteiger partial charge in [0.1, 0.15) is 5.76 Å². The first-order valence-corrected chi connectivity index (χ1v) is 3.82. The molecule has 0 radical (unpaired) electrons. The molecule has 0 saturated carbocycles. The van der Waals surface area contributed by atoms with Crippen molar-refractivity contribution in [1.29, 1.82) is 0 Å². The zero-order valence-electron chi connectivity index (χ0n) is 7.64. The molecule has 0 heterocycles. The van der Waals surface area contributed by atoms with Gasteiger partial charge >= 0.3 is 0 Å². The fourth-order valence-corrected chi connectivity index (χ4v) is 0.471. The highest BCUT2D eigenvalue weighted by atomic mass is 16.3. The summed E-state index contributed by atoms with van der Waals surface area (Å²) in [5.74, 6) is 0.127. The van der Waals surface area contributed by atoms with E-state index < -0.39 is 0 Å². The molecule has 0 amide bonds. The highest BCUT2D eigenvalue weighted by Crippen LogP contribution is 2.22. The van der Waals surface area contributed by atoms with Gasteiger partial charge < -0.3 is 5.11 Å². The Hall–Kier alpha value is -0.790. The maximum atomic E-state index is 10.8. The molecule has 0 unspecified atom stereocenters. The number of hydrogen-bond acceptors (Lipinski definition) is 2. The topological polar surface area (TPSA) is 37.3 Å². The standard InChI is InChI=1S/C9H16O2/c1-5-7(10)6-8(11)9(2,3)4/h6,11H,5H2,1-4H3/b8-6-. The van der Waals surface area contributed by atoms with Crippen molar-refractivity contribution in [3.8, 4) is 0 Å². The monoisotopic (exact) mass is 156 g/mol. The molecule has 64 valence electrons. The quantitative estimate of drug-likeness (QED) is 0.492. The number of hydrogen-bond donors (Lipinski definition) is 1. The Morgan fingerprint density at radius 2 is 1.91 bits per heavy atom. The molecule has 2 heteroatoms. The summed E-state index contributed by atoms with van der Waals surface area (Å²) in [4.78, 5) is 10.8. The Bertz CT molecular complexity index is 172. The molecule has 0 aliphatic rings. The van der Waals surface area contributed by atoms with Crippen LogP contribution < -0.4 is 0 Å². The van der Waals surface area contributed by atoms with E-state index in [1.165, 1.54) is 6.08 Å². The van der Waals surface area contributed by atoms with Crippen molar-refractivity contribution in [2.75, 3.05) is 0 Å². The maximum absolute atomic E-state index is 10.8. The molecule has 2 nitrogen and oxygen atoms in total. The largest absolute Gasteiger partial charge is 0.512 e. The first-order valence-electron chi connectivity index (χ1n) is 3.82. The molecule has 0 atom stereocenters. The van der Waals surface area contributed by atoms with Crippen LogP contribution >= 0.6 is 0 Å². The average Bonchev–Trinajstić information content (AvgIpc) is 1.85. The average molecular weight is 156 g/mol. The number of aliphatic hydroxyl groups excluding tert-OH is 1. The van der Waals surface area contributed by atoms with Crippen LogP contribution in [0.25, 0.3) is 0 Å². The minimum absolute atomic E-state index is 0.0302. The van der Waals surface area contributed by atoms with E-state index in [4.69, 9.17) is 0 Å². The number of aliphatic hydroxyl groups is 1. The number of rotatable bonds is 2. The van der Waals surface area contributed by atoms with E-state index in [2.05, 4.69) is 0 Å². The van der Waals surface area contributed by atoms with Gasteiger partial charge in [-0.2, -0.15) is 0 Å². The van der Waals surface area contributed by atoms with Gasteiger partial charge in [0.15, 0.2) is 5.78 Å². The molecule has 1 N–H and O–H groups in total. The zero-order valence-corrected chi connectivity index (χ0v) is 7.64. The Morgan fingerprint density at radius 1 is 1.45 bits per heavy atom. The first kappa shape index (κ1) is 10.2. The Labute approximate surface area is 67.9 Å². The Balaban J connectivity index is 4.35. The third-order valence-electron chi connectivity index (χ3n) is 1.41. The second-order valence-corrected chi connectivity index (χ2v) is 3.60. The second kappa shape index (κ2) is 3.56. The van der Waals surface area contributed by atoms with E-state index in [0.29, 0.717) is 6.42 Å². The molecular weight excluding hydrogens is 140 g/mol. The predicted octanol–water partition coefficient (Wildman–Crippen LogP) is 2.45. The van der Waals surface area contributed by atoms with Crippen LogP contribution in [0.1, 0.15) is 34.1 Å². The molecule has 0 aromatic heterocycles. The van der Waals surface area contributed by atoms with Crippen LogP contribution in [-0.4, -0.2) is 10.9 Å². The summed E-state index contributed by atoms with van der Waals surface area (Å²) in [6.45, 7) is 7.36. The van der Waals surface area contributed by atoms with E-state index in [-0.39, 0.29) is 17.0 Å². The predicted molar refractivity (Wildman–Crippen MR) is 45.5 cm³/mol. The summed E-state index contributed by atoms with van der Waals surface area (Å²) >= 11 is 0. The third-order valence-corrected chi connectivity index (χ3v) is 1.41. The van der Waals surface area contributed by atoms with Crippen LogP contribution in [0.3, 0.4) is 0 Å². The van der Waals surface area contributed by atoms with Crippen LogP contribution in [0.4, 0.5) is 0 Å². The Morgan fingerprint density at radius 3 is 2.18 bits per heavy atom. The van der Waals surface area contributed by atoms with Crippen molar-refractivity contribution in [3.63, 3.8) is 0 Å². The molecule has 0 aliphatic carbocycles. The molecule has 11 heavy (non-hydrogen) atoms. The maximum Gasteiger partial charge on any atom is 0.158 e. The molecule has 0 bridgehead atoms. The van der Waals surface area contributed by atoms with Gasteiger partial charge in [-0.1, -0.05) is 27.7 Å². The molecule has 0 saturated heterocycles. The fraction of sp³-hybridized carbons (Fsp3) is 0.667. The van der Waals surface area contributed by atoms with Gasteiger partial charge in [-0.05, 0) is 0 Å². The lowest BCUT2D eigenvalue weighted by Crippen LogP contribution is -2.10. The first-order chi connectivity index (χ1) is 4.88. The number of allylic oxidation sites excluding steroid dienone is 2. The van der Waals surface area contributed by atoms with Crippen molar-refractivity contribution in [1.82, 2.24) is 0 Å². The fourth-order valence-electron chi connectivity index (χ4n) is 0.471. The van der Waals surface area contributed by atoms with E-state index in [1.54, 1.807) is 6.92 Å². The third kappa shape index (κ3) is 3.81. The van der Waals surface area contributed by atoms with Crippen molar-refractivity contribution < 1.29 is 9.90 Å². The van der Waals surface area contributed by atoms with Gasteiger partial charge in [0.25, 0.3) is 0 Å². The molecule has 0 fully saturated rings. The van der Waals surface area contributed by atoms with E-state index >= 15 is 0 Å². The van der Waals surface area contributed by atoms with Crippen LogP contribution in [0.2, 0.25) is 0 Å². The van der Waals surface area contributed by atoms with Crippen LogP contribution in [0, 0.1) is 5.41 Å². The highest BCUT2D eigenvalue weighted by molar-refractivity contribution is 5.89. The normalized spacial score (nSPS) is 13.3. The minimum atomic E-state index is -0.315. The van der Waals surface area contributed by atoms with Crippen LogP contribution in [0.5, 0.6) is 0 Å². The molecule has 0 aliphatic heterocycles. The summed E-state index contributed by atoms with van der Waals surface area (Å²) in [6.07, 6.45) is 1.75. The SMILES string of the molecule is CCC(=O)/C=C(\O)C(C)(C)C. The summed E-state index contributed by atoms with van der Waals surface area (Å²) < 4.78 is 0. The summed E-state index contributed by atoms with van der Waals surface area (Å²) in [5.41, 5.74) is -0.315.